The number of nitrogens with two attached hydrogens (primary N) is 1. The molecular weight excluding hydrogens is 296 g/mol. The van der Waals surface area contributed by atoms with E-state index in [1.54, 1.807) is 13.0 Å². The maximum absolute atomic E-state index is 12.2. The summed E-state index contributed by atoms with van der Waals surface area (Å²) in [6, 6.07) is 1.65. The predicted molar refractivity (Wildman–Crippen MR) is 80.3 cm³/mol. The second kappa shape index (κ2) is 7.00. The molecule has 0 aliphatic heterocycles. The zero-order valence-corrected chi connectivity index (χ0v) is 13.4. The standard InChI is InChI=1S/C13H22N2O3S2/c1-10-13(8-12(9-14)19-10)20(16,17)15-6-7-18-11-4-2-3-5-11/h8,11,15H,2-7,9,14H2,1H3. The molecule has 2 rings (SSSR count). The van der Waals surface area contributed by atoms with Gasteiger partial charge in [-0.1, -0.05) is 12.8 Å². The van der Waals surface area contributed by atoms with Gasteiger partial charge >= 0.3 is 0 Å². The van der Waals surface area contributed by atoms with Crippen LogP contribution in [0.25, 0.3) is 0 Å². The molecule has 0 bridgehead atoms. The van der Waals surface area contributed by atoms with Crippen LogP contribution in [0.1, 0.15) is 35.4 Å². The quantitative estimate of drug-likeness (QED) is 0.751. The van der Waals surface area contributed by atoms with Gasteiger partial charge in [0.25, 0.3) is 0 Å². The molecule has 1 saturated carbocycles. The van der Waals surface area contributed by atoms with Gasteiger partial charge < -0.3 is 10.5 Å². The molecule has 0 unspecified atom stereocenters. The summed E-state index contributed by atoms with van der Waals surface area (Å²) in [5, 5.41) is 0. The normalized spacial score (nSPS) is 16.9. The second-order valence-electron chi connectivity index (χ2n) is 5.01. The Morgan fingerprint density at radius 2 is 2.15 bits per heavy atom. The Kier molecular flexibility index (Phi) is 5.57. The molecule has 1 aromatic heterocycles. The average molecular weight is 318 g/mol. The number of hydrogen-bond acceptors (Lipinski definition) is 5. The van der Waals surface area contributed by atoms with Gasteiger partial charge in [0, 0.05) is 22.8 Å². The molecule has 1 aliphatic rings. The van der Waals surface area contributed by atoms with E-state index < -0.39 is 10.0 Å². The summed E-state index contributed by atoms with van der Waals surface area (Å²) in [5.41, 5.74) is 5.54. The van der Waals surface area contributed by atoms with E-state index in [1.807, 2.05) is 0 Å². The fourth-order valence-corrected chi connectivity index (χ4v) is 4.95. The van der Waals surface area contributed by atoms with Crippen molar-refractivity contribution in [2.45, 2.75) is 50.2 Å². The molecule has 20 heavy (non-hydrogen) atoms. The van der Waals surface area contributed by atoms with Crippen LogP contribution >= 0.6 is 11.3 Å². The van der Waals surface area contributed by atoms with E-state index in [0.29, 0.717) is 30.7 Å². The number of thiophene rings is 1. The van der Waals surface area contributed by atoms with Gasteiger partial charge in [0.15, 0.2) is 0 Å². The molecule has 0 amide bonds. The van der Waals surface area contributed by atoms with E-state index >= 15 is 0 Å². The summed E-state index contributed by atoms with van der Waals surface area (Å²) < 4.78 is 32.6. The molecule has 7 heteroatoms. The summed E-state index contributed by atoms with van der Waals surface area (Å²) in [7, 11) is -3.45. The second-order valence-corrected chi connectivity index (χ2v) is 8.09. The van der Waals surface area contributed by atoms with Crippen LogP contribution in [-0.4, -0.2) is 27.7 Å². The first-order valence-corrected chi connectivity index (χ1v) is 9.23. The van der Waals surface area contributed by atoms with Crippen molar-refractivity contribution in [3.8, 4) is 0 Å². The topological polar surface area (TPSA) is 81.4 Å². The van der Waals surface area contributed by atoms with Crippen LogP contribution in [0.3, 0.4) is 0 Å². The Bertz CT molecular complexity index is 534. The van der Waals surface area contributed by atoms with Crippen LogP contribution in [0.2, 0.25) is 0 Å². The van der Waals surface area contributed by atoms with Crippen molar-refractivity contribution in [2.75, 3.05) is 13.2 Å². The van der Waals surface area contributed by atoms with Gasteiger partial charge in [0.1, 0.15) is 0 Å². The van der Waals surface area contributed by atoms with E-state index in [9.17, 15) is 8.42 Å². The third-order valence-corrected chi connectivity index (χ3v) is 6.25. The van der Waals surface area contributed by atoms with Crippen molar-refractivity contribution >= 4 is 21.4 Å². The highest BCUT2D eigenvalue weighted by molar-refractivity contribution is 7.89. The van der Waals surface area contributed by atoms with Gasteiger partial charge in [-0.25, -0.2) is 13.1 Å². The van der Waals surface area contributed by atoms with Gasteiger partial charge in [0.2, 0.25) is 10.0 Å². The molecule has 1 aliphatic carbocycles. The SMILES string of the molecule is Cc1sc(CN)cc1S(=O)(=O)NCCOC1CCCC1. The summed E-state index contributed by atoms with van der Waals surface area (Å²) in [6.07, 6.45) is 4.93. The lowest BCUT2D eigenvalue weighted by Gasteiger charge is -2.11. The van der Waals surface area contributed by atoms with Crippen LogP contribution in [0.4, 0.5) is 0 Å². The first kappa shape index (κ1) is 15.9. The van der Waals surface area contributed by atoms with E-state index in [4.69, 9.17) is 10.5 Å². The van der Waals surface area contributed by atoms with Crippen molar-refractivity contribution in [1.82, 2.24) is 4.72 Å². The fraction of sp³-hybridized carbons (Fsp3) is 0.692. The summed E-state index contributed by atoms with van der Waals surface area (Å²) in [4.78, 5) is 1.99. The minimum Gasteiger partial charge on any atom is -0.377 e. The summed E-state index contributed by atoms with van der Waals surface area (Å²) in [6.45, 7) is 2.90. The van der Waals surface area contributed by atoms with E-state index in [1.165, 1.54) is 24.2 Å². The highest BCUT2D eigenvalue weighted by atomic mass is 32.2. The molecule has 1 heterocycles. The van der Waals surface area contributed by atoms with Gasteiger partial charge in [-0.3, -0.25) is 0 Å². The Labute approximate surface area is 124 Å². The molecule has 5 nitrogen and oxygen atoms in total. The van der Waals surface area contributed by atoms with Crippen LogP contribution in [0.15, 0.2) is 11.0 Å². The Morgan fingerprint density at radius 1 is 1.45 bits per heavy atom. The zero-order chi connectivity index (χ0) is 14.6. The lowest BCUT2D eigenvalue weighted by Crippen LogP contribution is -2.28. The van der Waals surface area contributed by atoms with Gasteiger partial charge in [-0.15, -0.1) is 11.3 Å². The van der Waals surface area contributed by atoms with E-state index in [0.717, 1.165) is 22.6 Å². The number of hydrogen-bond donors (Lipinski definition) is 2. The van der Waals surface area contributed by atoms with Crippen molar-refractivity contribution < 1.29 is 13.2 Å². The molecular formula is C13H22N2O3S2. The van der Waals surface area contributed by atoms with Crippen LogP contribution in [-0.2, 0) is 21.3 Å². The Morgan fingerprint density at radius 3 is 2.75 bits per heavy atom. The van der Waals surface area contributed by atoms with Crippen LogP contribution in [0, 0.1) is 6.92 Å². The number of rotatable bonds is 7. The highest BCUT2D eigenvalue weighted by Crippen LogP contribution is 2.25. The largest absolute Gasteiger partial charge is 0.377 e. The minimum absolute atomic E-state index is 0.311. The van der Waals surface area contributed by atoms with Gasteiger partial charge in [0.05, 0.1) is 17.6 Å². The summed E-state index contributed by atoms with van der Waals surface area (Å²) in [5.74, 6) is 0. The van der Waals surface area contributed by atoms with Crippen LogP contribution < -0.4 is 10.5 Å². The predicted octanol–water partition coefficient (Wildman–Crippen LogP) is 1.75. The highest BCUT2D eigenvalue weighted by Gasteiger charge is 2.20. The molecule has 1 aromatic rings. The lowest BCUT2D eigenvalue weighted by atomic mass is 10.3. The first-order chi connectivity index (χ1) is 9.53. The minimum atomic E-state index is -3.45. The van der Waals surface area contributed by atoms with Crippen molar-refractivity contribution in [3.05, 3.63) is 15.8 Å². The Balaban J connectivity index is 1.85. The summed E-state index contributed by atoms with van der Waals surface area (Å²) >= 11 is 1.43. The van der Waals surface area contributed by atoms with E-state index in [2.05, 4.69) is 4.72 Å². The zero-order valence-electron chi connectivity index (χ0n) is 11.7. The molecule has 0 atom stereocenters. The Hall–Kier alpha value is -0.470. The third-order valence-electron chi connectivity index (χ3n) is 3.46. The van der Waals surface area contributed by atoms with E-state index in [-0.39, 0.29) is 0 Å². The van der Waals surface area contributed by atoms with Gasteiger partial charge in [-0.05, 0) is 25.8 Å². The van der Waals surface area contributed by atoms with Crippen molar-refractivity contribution in [1.29, 1.82) is 0 Å². The number of sulfonamides is 1. The molecule has 1 fully saturated rings. The number of ether oxygens (including phenoxy) is 1. The smallest absolute Gasteiger partial charge is 0.241 e. The third kappa shape index (κ3) is 4.02. The molecule has 0 saturated heterocycles. The van der Waals surface area contributed by atoms with Crippen LogP contribution in [0.5, 0.6) is 0 Å². The van der Waals surface area contributed by atoms with Crippen molar-refractivity contribution in [3.63, 3.8) is 0 Å². The maximum Gasteiger partial charge on any atom is 0.241 e. The van der Waals surface area contributed by atoms with Gasteiger partial charge in [-0.2, -0.15) is 0 Å². The molecule has 3 N–H and O–H groups in total. The number of nitrogens with one attached hydrogen (secondary N) is 1. The monoisotopic (exact) mass is 318 g/mol. The molecule has 0 radical (unpaired) electrons. The average Bonchev–Trinajstić information content (AvgIpc) is 3.04. The lowest BCUT2D eigenvalue weighted by molar-refractivity contribution is 0.0626. The maximum atomic E-state index is 12.2. The molecule has 0 aromatic carbocycles. The van der Waals surface area contributed by atoms with Crippen molar-refractivity contribution in [2.24, 2.45) is 5.73 Å². The molecule has 0 spiro atoms. The first-order valence-electron chi connectivity index (χ1n) is 6.93. The number of aryl methyl sites for hydroxylation is 1. The fourth-order valence-electron chi connectivity index (χ4n) is 2.43. The molecule has 114 valence electrons.